The van der Waals surface area contributed by atoms with Crippen molar-refractivity contribution in [1.82, 2.24) is 4.90 Å². The zero-order valence-electron chi connectivity index (χ0n) is 14.2. The van der Waals surface area contributed by atoms with Crippen LogP contribution in [0.25, 0.3) is 0 Å². The fraction of sp³-hybridized carbons (Fsp3) is 0.263. The topological polar surface area (TPSA) is 55.8 Å². The lowest BCUT2D eigenvalue weighted by molar-refractivity contribution is -0.140. The summed E-state index contributed by atoms with van der Waals surface area (Å²) in [6.45, 7) is 0.641. The SMILES string of the molecule is COC(=O)CCN(Cc1ccc(OC)cc1)C(=O)c1ccc(Cl)cc1. The highest BCUT2D eigenvalue weighted by atomic mass is 35.5. The summed E-state index contributed by atoms with van der Waals surface area (Å²) in [5.74, 6) is 0.217. The first-order valence-electron chi connectivity index (χ1n) is 7.78. The Morgan fingerprint density at radius 3 is 2.20 bits per heavy atom. The molecule has 5 nitrogen and oxygen atoms in total. The molecule has 0 aromatic heterocycles. The summed E-state index contributed by atoms with van der Waals surface area (Å²) in [5, 5.41) is 0.563. The molecule has 132 valence electrons. The van der Waals surface area contributed by atoms with Crippen LogP contribution in [0, 0.1) is 0 Å². The highest BCUT2D eigenvalue weighted by Crippen LogP contribution is 2.16. The Kier molecular flexibility index (Phi) is 6.83. The Labute approximate surface area is 152 Å². The zero-order valence-corrected chi connectivity index (χ0v) is 15.0. The molecule has 1 amide bonds. The number of benzene rings is 2. The van der Waals surface area contributed by atoms with Crippen LogP contribution in [0.3, 0.4) is 0 Å². The van der Waals surface area contributed by atoms with E-state index in [0.717, 1.165) is 11.3 Å². The van der Waals surface area contributed by atoms with Gasteiger partial charge in [0, 0.05) is 23.7 Å². The van der Waals surface area contributed by atoms with Crippen molar-refractivity contribution in [3.8, 4) is 5.75 Å². The minimum atomic E-state index is -0.358. The number of rotatable bonds is 7. The van der Waals surface area contributed by atoms with Crippen molar-refractivity contribution in [2.45, 2.75) is 13.0 Å². The maximum atomic E-state index is 12.8. The van der Waals surface area contributed by atoms with Gasteiger partial charge in [0.2, 0.25) is 0 Å². The summed E-state index contributed by atoms with van der Waals surface area (Å²) in [7, 11) is 2.93. The molecule has 0 saturated carbocycles. The van der Waals surface area contributed by atoms with Gasteiger partial charge in [-0.3, -0.25) is 9.59 Å². The summed E-state index contributed by atoms with van der Waals surface area (Å²) < 4.78 is 9.81. The van der Waals surface area contributed by atoms with Crippen LogP contribution < -0.4 is 4.74 Å². The second-order valence-electron chi connectivity index (χ2n) is 5.41. The van der Waals surface area contributed by atoms with Crippen molar-refractivity contribution < 1.29 is 19.1 Å². The first kappa shape index (κ1) is 18.8. The molecular weight excluding hydrogens is 342 g/mol. The molecule has 2 aromatic carbocycles. The highest BCUT2D eigenvalue weighted by Gasteiger charge is 2.17. The van der Waals surface area contributed by atoms with Gasteiger partial charge in [0.25, 0.3) is 5.91 Å². The molecule has 0 saturated heterocycles. The van der Waals surface area contributed by atoms with E-state index in [-0.39, 0.29) is 24.8 Å². The third kappa shape index (κ3) is 5.50. The normalized spacial score (nSPS) is 10.2. The Morgan fingerprint density at radius 2 is 1.64 bits per heavy atom. The minimum Gasteiger partial charge on any atom is -0.497 e. The van der Waals surface area contributed by atoms with Crippen molar-refractivity contribution in [1.29, 1.82) is 0 Å². The van der Waals surface area contributed by atoms with E-state index in [1.807, 2.05) is 24.3 Å². The minimum absolute atomic E-state index is 0.131. The van der Waals surface area contributed by atoms with E-state index in [9.17, 15) is 9.59 Å². The van der Waals surface area contributed by atoms with Crippen molar-refractivity contribution in [2.75, 3.05) is 20.8 Å². The highest BCUT2D eigenvalue weighted by molar-refractivity contribution is 6.30. The van der Waals surface area contributed by atoms with Gasteiger partial charge in [-0.25, -0.2) is 0 Å². The van der Waals surface area contributed by atoms with Crippen molar-refractivity contribution >= 4 is 23.5 Å². The molecule has 0 N–H and O–H groups in total. The van der Waals surface area contributed by atoms with Crippen LogP contribution in [-0.4, -0.2) is 37.5 Å². The molecule has 0 atom stereocenters. The van der Waals surface area contributed by atoms with Crippen LogP contribution >= 0.6 is 11.6 Å². The lowest BCUT2D eigenvalue weighted by Gasteiger charge is -2.22. The Hall–Kier alpha value is -2.53. The van der Waals surface area contributed by atoms with E-state index in [2.05, 4.69) is 4.74 Å². The molecule has 2 aromatic rings. The number of carbonyl (C=O) groups excluding carboxylic acids is 2. The van der Waals surface area contributed by atoms with E-state index in [1.165, 1.54) is 7.11 Å². The number of nitrogens with zero attached hydrogens (tertiary/aromatic N) is 1. The van der Waals surface area contributed by atoms with Gasteiger partial charge in [-0.2, -0.15) is 0 Å². The largest absolute Gasteiger partial charge is 0.497 e. The number of ether oxygens (including phenoxy) is 2. The average molecular weight is 362 g/mol. The summed E-state index contributed by atoms with van der Waals surface area (Å²) in [6, 6.07) is 14.1. The monoisotopic (exact) mass is 361 g/mol. The van der Waals surface area contributed by atoms with E-state index < -0.39 is 0 Å². The standard InChI is InChI=1S/C19H20ClNO4/c1-24-17-9-3-14(4-10-17)13-21(12-11-18(22)25-2)19(23)15-5-7-16(20)8-6-15/h3-10H,11-13H2,1-2H3. The number of esters is 1. The Balaban J connectivity index is 2.17. The van der Waals surface area contributed by atoms with Gasteiger partial charge in [0.15, 0.2) is 0 Å². The molecule has 0 heterocycles. The van der Waals surface area contributed by atoms with Crippen LogP contribution in [-0.2, 0) is 16.1 Å². The molecule has 0 aliphatic heterocycles. The Bertz CT molecular complexity index is 713. The molecule has 25 heavy (non-hydrogen) atoms. The molecule has 0 unspecified atom stereocenters. The molecule has 0 bridgehead atoms. The number of hydrogen-bond donors (Lipinski definition) is 0. The second kappa shape index (κ2) is 9.08. The van der Waals surface area contributed by atoms with Crippen LogP contribution in [0.15, 0.2) is 48.5 Å². The predicted molar refractivity (Wildman–Crippen MR) is 95.8 cm³/mol. The van der Waals surface area contributed by atoms with E-state index in [4.69, 9.17) is 16.3 Å². The fourth-order valence-electron chi connectivity index (χ4n) is 2.31. The lowest BCUT2D eigenvalue weighted by atomic mass is 10.1. The van der Waals surface area contributed by atoms with Gasteiger partial charge in [-0.15, -0.1) is 0 Å². The van der Waals surface area contributed by atoms with Gasteiger partial charge in [-0.05, 0) is 42.0 Å². The number of carbonyl (C=O) groups is 2. The average Bonchev–Trinajstić information content (AvgIpc) is 2.65. The maximum Gasteiger partial charge on any atom is 0.307 e. The summed E-state index contributed by atoms with van der Waals surface area (Å²) in [4.78, 5) is 25.9. The quantitative estimate of drug-likeness (QED) is 0.708. The summed E-state index contributed by atoms with van der Waals surface area (Å²) in [5.41, 5.74) is 1.45. The summed E-state index contributed by atoms with van der Waals surface area (Å²) >= 11 is 5.88. The summed E-state index contributed by atoms with van der Waals surface area (Å²) in [6.07, 6.45) is 0.131. The van der Waals surface area contributed by atoms with Crippen LogP contribution in [0.5, 0.6) is 5.75 Å². The van der Waals surface area contributed by atoms with E-state index in [0.29, 0.717) is 17.1 Å². The smallest absolute Gasteiger partial charge is 0.307 e. The Morgan fingerprint density at radius 1 is 1.00 bits per heavy atom. The molecule has 0 aliphatic rings. The molecule has 0 radical (unpaired) electrons. The van der Waals surface area contributed by atoms with Crippen molar-refractivity contribution in [3.05, 3.63) is 64.7 Å². The molecular formula is C19H20ClNO4. The number of hydrogen-bond acceptors (Lipinski definition) is 4. The van der Waals surface area contributed by atoms with Crippen LogP contribution in [0.2, 0.25) is 5.02 Å². The van der Waals surface area contributed by atoms with Gasteiger partial charge < -0.3 is 14.4 Å². The predicted octanol–water partition coefficient (Wildman–Crippen LogP) is 3.55. The van der Waals surface area contributed by atoms with Gasteiger partial charge >= 0.3 is 5.97 Å². The number of methoxy groups -OCH3 is 2. The first-order valence-corrected chi connectivity index (χ1v) is 8.16. The fourth-order valence-corrected chi connectivity index (χ4v) is 2.43. The van der Waals surface area contributed by atoms with Crippen LogP contribution in [0.1, 0.15) is 22.3 Å². The van der Waals surface area contributed by atoms with Crippen molar-refractivity contribution in [2.24, 2.45) is 0 Å². The number of halogens is 1. The van der Waals surface area contributed by atoms with Crippen LogP contribution in [0.4, 0.5) is 0 Å². The molecule has 0 fully saturated rings. The van der Waals surface area contributed by atoms with E-state index in [1.54, 1.807) is 36.3 Å². The molecule has 0 spiro atoms. The molecule has 6 heteroatoms. The molecule has 0 aliphatic carbocycles. The number of amides is 1. The van der Waals surface area contributed by atoms with Gasteiger partial charge in [0.1, 0.15) is 5.75 Å². The van der Waals surface area contributed by atoms with Gasteiger partial charge in [-0.1, -0.05) is 23.7 Å². The van der Waals surface area contributed by atoms with Crippen molar-refractivity contribution in [3.63, 3.8) is 0 Å². The van der Waals surface area contributed by atoms with E-state index >= 15 is 0 Å². The third-order valence-electron chi connectivity index (χ3n) is 3.72. The first-order chi connectivity index (χ1) is 12.0. The second-order valence-corrected chi connectivity index (χ2v) is 5.84. The lowest BCUT2D eigenvalue weighted by Crippen LogP contribution is -2.32. The molecule has 2 rings (SSSR count). The zero-order chi connectivity index (χ0) is 18.2. The third-order valence-corrected chi connectivity index (χ3v) is 3.98. The maximum absolute atomic E-state index is 12.8. The van der Waals surface area contributed by atoms with Gasteiger partial charge in [0.05, 0.1) is 20.6 Å².